The summed E-state index contributed by atoms with van der Waals surface area (Å²) >= 11 is 0. The van der Waals surface area contributed by atoms with Crippen LogP contribution in [0.1, 0.15) is 51.5 Å². The Hall–Kier alpha value is -3.22. The summed E-state index contributed by atoms with van der Waals surface area (Å²) in [5.74, 6) is 0.148. The Bertz CT molecular complexity index is 956. The van der Waals surface area contributed by atoms with Crippen LogP contribution in [0.25, 0.3) is 0 Å². The quantitative estimate of drug-likeness (QED) is 0.629. The summed E-state index contributed by atoms with van der Waals surface area (Å²) < 4.78 is 1.79. The number of nitrogens with zero attached hydrogens (tertiary/aromatic N) is 3. The zero-order valence-corrected chi connectivity index (χ0v) is 15.7. The molecular weight excluding hydrogens is 342 g/mol. The molecule has 7 heteroatoms. The highest BCUT2D eigenvalue weighted by Gasteiger charge is 2.22. The second-order valence-electron chi connectivity index (χ2n) is 6.41. The molecule has 0 fully saturated rings. The number of aryl methyl sites for hydroxylation is 3. The molecule has 0 atom stereocenters. The van der Waals surface area contributed by atoms with E-state index < -0.39 is 0 Å². The lowest BCUT2D eigenvalue weighted by atomic mass is 10.0. The number of aromatic amines is 1. The predicted molar refractivity (Wildman–Crippen MR) is 103 cm³/mol. The molecule has 140 valence electrons. The zero-order valence-electron chi connectivity index (χ0n) is 15.7. The van der Waals surface area contributed by atoms with Crippen LogP contribution >= 0.6 is 0 Å². The van der Waals surface area contributed by atoms with E-state index in [1.54, 1.807) is 30.1 Å². The number of Topliss-reactive ketones (excluding diaryl/α,β-unsaturated/α-hetero) is 1. The van der Waals surface area contributed by atoms with Gasteiger partial charge in [-0.25, -0.2) is 0 Å². The number of anilines is 1. The molecule has 3 aromatic heterocycles. The number of carbonyl (C=O) groups is 2. The van der Waals surface area contributed by atoms with E-state index in [1.165, 1.54) is 12.5 Å². The zero-order chi connectivity index (χ0) is 19.4. The number of aromatic nitrogens is 4. The van der Waals surface area contributed by atoms with Gasteiger partial charge in [0.25, 0.3) is 5.91 Å². The van der Waals surface area contributed by atoms with Crippen molar-refractivity contribution in [3.05, 3.63) is 64.9 Å². The second-order valence-corrected chi connectivity index (χ2v) is 6.41. The van der Waals surface area contributed by atoms with Crippen molar-refractivity contribution < 1.29 is 9.59 Å². The van der Waals surface area contributed by atoms with Crippen molar-refractivity contribution in [2.24, 2.45) is 0 Å². The lowest BCUT2D eigenvalue weighted by Crippen LogP contribution is -2.15. The average Bonchev–Trinajstić information content (AvgIpc) is 3.24. The van der Waals surface area contributed by atoms with E-state index in [1.807, 2.05) is 25.3 Å². The molecular formula is C20H23N5O2. The van der Waals surface area contributed by atoms with Crippen LogP contribution in [0.5, 0.6) is 0 Å². The second kappa shape index (κ2) is 7.99. The molecule has 2 N–H and O–H groups in total. The van der Waals surface area contributed by atoms with Crippen LogP contribution in [0, 0.1) is 6.92 Å². The third-order valence-electron chi connectivity index (χ3n) is 4.48. The van der Waals surface area contributed by atoms with Gasteiger partial charge in [-0.2, -0.15) is 5.10 Å². The Morgan fingerprint density at radius 2 is 1.96 bits per heavy atom. The van der Waals surface area contributed by atoms with Gasteiger partial charge in [-0.05, 0) is 49.9 Å². The Morgan fingerprint density at radius 3 is 2.63 bits per heavy atom. The molecule has 0 radical (unpaired) electrons. The topological polar surface area (TPSA) is 92.7 Å². The Balaban J connectivity index is 1.69. The highest BCUT2D eigenvalue weighted by atomic mass is 16.2. The summed E-state index contributed by atoms with van der Waals surface area (Å²) in [7, 11) is 0. The van der Waals surface area contributed by atoms with Crippen molar-refractivity contribution in [2.75, 3.05) is 5.32 Å². The summed E-state index contributed by atoms with van der Waals surface area (Å²) in [6.07, 6.45) is 6.79. The smallest absolute Gasteiger partial charge is 0.273 e. The summed E-state index contributed by atoms with van der Waals surface area (Å²) in [6, 6.07) is 5.70. The number of hydrogen-bond acceptors (Lipinski definition) is 4. The number of rotatable bonds is 7. The van der Waals surface area contributed by atoms with Gasteiger partial charge >= 0.3 is 0 Å². The van der Waals surface area contributed by atoms with Crippen LogP contribution in [0.2, 0.25) is 0 Å². The third kappa shape index (κ3) is 4.13. The normalized spacial score (nSPS) is 10.8. The first kappa shape index (κ1) is 18.6. The highest BCUT2D eigenvalue weighted by Crippen LogP contribution is 2.21. The molecule has 1 amide bonds. The molecule has 3 rings (SSSR count). The monoisotopic (exact) mass is 365 g/mol. The fraction of sp³-hybridized carbons (Fsp3) is 0.300. The third-order valence-corrected chi connectivity index (χ3v) is 4.48. The Labute approximate surface area is 157 Å². The fourth-order valence-corrected chi connectivity index (χ4v) is 3.23. The van der Waals surface area contributed by atoms with Gasteiger partial charge in [-0.3, -0.25) is 19.3 Å². The van der Waals surface area contributed by atoms with Crippen LogP contribution in [-0.4, -0.2) is 31.4 Å². The summed E-state index contributed by atoms with van der Waals surface area (Å²) in [6.45, 7) is 5.96. The van der Waals surface area contributed by atoms with Gasteiger partial charge in [0.2, 0.25) is 0 Å². The number of carbonyl (C=O) groups excluding carboxylic acids is 2. The molecule has 0 aliphatic carbocycles. The van der Waals surface area contributed by atoms with Crippen LogP contribution in [0.4, 0.5) is 5.82 Å². The maximum atomic E-state index is 12.7. The lowest BCUT2D eigenvalue weighted by Gasteiger charge is -2.04. The largest absolute Gasteiger partial charge is 0.354 e. The first-order chi connectivity index (χ1) is 13.0. The minimum atomic E-state index is -0.290. The van der Waals surface area contributed by atoms with Crippen molar-refractivity contribution in [1.82, 2.24) is 19.7 Å². The number of hydrogen-bond donors (Lipinski definition) is 2. The first-order valence-corrected chi connectivity index (χ1v) is 8.95. The van der Waals surface area contributed by atoms with Crippen LogP contribution in [0.15, 0.2) is 36.8 Å². The molecule has 0 aliphatic heterocycles. The first-order valence-electron chi connectivity index (χ1n) is 8.95. The van der Waals surface area contributed by atoms with Crippen molar-refractivity contribution in [2.45, 2.75) is 40.2 Å². The molecule has 0 saturated heterocycles. The minimum Gasteiger partial charge on any atom is -0.354 e. The van der Waals surface area contributed by atoms with Gasteiger partial charge in [0.1, 0.15) is 5.69 Å². The van der Waals surface area contributed by atoms with Crippen LogP contribution in [0.3, 0.4) is 0 Å². The number of nitrogens with one attached hydrogen (secondary N) is 2. The van der Waals surface area contributed by atoms with Gasteiger partial charge in [0, 0.05) is 42.5 Å². The maximum Gasteiger partial charge on any atom is 0.273 e. The summed E-state index contributed by atoms with van der Waals surface area (Å²) in [5.41, 5.74) is 3.66. The van der Waals surface area contributed by atoms with Crippen molar-refractivity contribution >= 4 is 17.5 Å². The SMILES string of the molecule is CCc1c(C(=O)Nc2ccn(CCc3ccncc3)n2)[nH]c(C)c1C(C)=O. The van der Waals surface area contributed by atoms with E-state index in [4.69, 9.17) is 0 Å². The Kier molecular flexibility index (Phi) is 5.49. The van der Waals surface area contributed by atoms with Gasteiger partial charge < -0.3 is 10.3 Å². The van der Waals surface area contributed by atoms with E-state index in [9.17, 15) is 9.59 Å². The van der Waals surface area contributed by atoms with E-state index in [2.05, 4.69) is 20.4 Å². The van der Waals surface area contributed by atoms with E-state index in [0.717, 1.165) is 12.0 Å². The molecule has 27 heavy (non-hydrogen) atoms. The molecule has 0 spiro atoms. The van der Waals surface area contributed by atoms with Crippen LogP contribution < -0.4 is 5.32 Å². The van der Waals surface area contributed by atoms with Gasteiger partial charge in [-0.1, -0.05) is 6.92 Å². The average molecular weight is 365 g/mol. The molecule has 0 aliphatic rings. The number of ketones is 1. The molecule has 0 aromatic carbocycles. The van der Waals surface area contributed by atoms with Crippen molar-refractivity contribution in [3.63, 3.8) is 0 Å². The lowest BCUT2D eigenvalue weighted by molar-refractivity contribution is 0.101. The molecule has 3 heterocycles. The van der Waals surface area contributed by atoms with Crippen LogP contribution in [-0.2, 0) is 19.4 Å². The summed E-state index contributed by atoms with van der Waals surface area (Å²) in [4.78, 5) is 31.6. The number of amides is 1. The maximum absolute atomic E-state index is 12.7. The standard InChI is InChI=1S/C20H23N5O2/c1-4-16-18(14(3)26)13(2)22-19(16)20(27)23-17-8-12-25(24-17)11-7-15-5-9-21-10-6-15/h5-6,8-10,12,22H,4,7,11H2,1-3H3,(H,23,24,27). The summed E-state index contributed by atoms with van der Waals surface area (Å²) in [5, 5.41) is 7.21. The van der Waals surface area contributed by atoms with E-state index >= 15 is 0 Å². The van der Waals surface area contributed by atoms with Gasteiger partial charge in [-0.15, -0.1) is 0 Å². The van der Waals surface area contributed by atoms with Gasteiger partial charge in [0.15, 0.2) is 11.6 Å². The predicted octanol–water partition coefficient (Wildman–Crippen LogP) is 3.17. The Morgan fingerprint density at radius 1 is 1.22 bits per heavy atom. The number of H-pyrrole nitrogens is 1. The van der Waals surface area contributed by atoms with E-state index in [0.29, 0.717) is 35.7 Å². The molecule has 7 nitrogen and oxygen atoms in total. The highest BCUT2D eigenvalue weighted by molar-refractivity contribution is 6.07. The van der Waals surface area contributed by atoms with E-state index in [-0.39, 0.29) is 11.7 Å². The molecule has 0 unspecified atom stereocenters. The van der Waals surface area contributed by atoms with Gasteiger partial charge in [0.05, 0.1) is 0 Å². The van der Waals surface area contributed by atoms with Crippen molar-refractivity contribution in [3.8, 4) is 0 Å². The fourth-order valence-electron chi connectivity index (χ4n) is 3.23. The van der Waals surface area contributed by atoms with Crippen molar-refractivity contribution in [1.29, 1.82) is 0 Å². The number of pyridine rings is 1. The molecule has 0 bridgehead atoms. The molecule has 0 saturated carbocycles. The molecule has 3 aromatic rings. The minimum absolute atomic E-state index is 0.0416.